The number of para-hydroxylation sites is 1. The molecule has 25 heavy (non-hydrogen) atoms. The van der Waals surface area contributed by atoms with Crippen LogP contribution in [0.15, 0.2) is 48.5 Å². The smallest absolute Gasteiger partial charge is 0.339 e. The van der Waals surface area contributed by atoms with Crippen LogP contribution in [0.4, 0.5) is 0 Å². The fourth-order valence-electron chi connectivity index (χ4n) is 2.82. The van der Waals surface area contributed by atoms with Gasteiger partial charge in [-0.3, -0.25) is 0 Å². The minimum Gasteiger partial charge on any atom is -0.478 e. The Labute approximate surface area is 155 Å². The number of aromatic carboxylic acids is 1. The maximum absolute atomic E-state index is 12.0. The molecule has 0 amide bonds. The molecule has 1 N–H and O–H groups in total. The molecule has 1 heterocycles. The lowest BCUT2D eigenvalue weighted by molar-refractivity contribution is 0.0696. The Morgan fingerprint density at radius 1 is 1.12 bits per heavy atom. The van der Waals surface area contributed by atoms with Crippen molar-refractivity contribution in [1.82, 2.24) is 9.78 Å². The van der Waals surface area contributed by atoms with E-state index in [4.69, 9.17) is 23.2 Å². The first-order valence-electron chi connectivity index (χ1n) is 7.88. The lowest BCUT2D eigenvalue weighted by Crippen LogP contribution is -2.06. The normalized spacial score (nSPS) is 10.8. The molecular formula is C19H16Cl2N2O2. The monoisotopic (exact) mass is 374 g/mol. The van der Waals surface area contributed by atoms with Gasteiger partial charge in [0, 0.05) is 15.6 Å². The standard InChI is InChI=1S/C19H16Cl2N2O2/c1-2-6-16-17(19(24)25)18(12-9-13(20)11-14(21)10-12)22-23(16)15-7-4-3-5-8-15/h3-5,7-11H,2,6H2,1H3,(H,24,25). The van der Waals surface area contributed by atoms with E-state index in [1.807, 2.05) is 37.3 Å². The molecule has 0 saturated carbocycles. The molecule has 6 heteroatoms. The van der Waals surface area contributed by atoms with Gasteiger partial charge >= 0.3 is 5.97 Å². The molecule has 0 aliphatic carbocycles. The maximum Gasteiger partial charge on any atom is 0.339 e. The molecule has 0 fully saturated rings. The van der Waals surface area contributed by atoms with E-state index in [0.717, 1.165) is 12.1 Å². The number of carboxylic acids is 1. The summed E-state index contributed by atoms with van der Waals surface area (Å²) in [7, 11) is 0. The van der Waals surface area contributed by atoms with Gasteiger partial charge in [-0.05, 0) is 36.8 Å². The number of benzene rings is 2. The molecule has 0 bridgehead atoms. The molecule has 0 spiro atoms. The van der Waals surface area contributed by atoms with Crippen LogP contribution in [-0.4, -0.2) is 20.9 Å². The molecule has 0 unspecified atom stereocenters. The molecule has 4 nitrogen and oxygen atoms in total. The molecule has 0 radical (unpaired) electrons. The number of carbonyl (C=O) groups is 1. The molecule has 3 rings (SSSR count). The number of carboxylic acid groups (broad SMARTS) is 1. The summed E-state index contributed by atoms with van der Waals surface area (Å²) in [6.07, 6.45) is 1.40. The summed E-state index contributed by atoms with van der Waals surface area (Å²) in [5.74, 6) is -1.02. The average Bonchev–Trinajstić information content (AvgIpc) is 2.95. The molecule has 1 aromatic heterocycles. The highest BCUT2D eigenvalue weighted by Gasteiger charge is 2.25. The Kier molecular flexibility index (Phi) is 5.11. The predicted octanol–water partition coefficient (Wildman–Crippen LogP) is 5.50. The summed E-state index contributed by atoms with van der Waals surface area (Å²) >= 11 is 12.2. The van der Waals surface area contributed by atoms with Crippen molar-refractivity contribution in [1.29, 1.82) is 0 Å². The van der Waals surface area contributed by atoms with Gasteiger partial charge in [-0.1, -0.05) is 54.7 Å². The molecule has 0 aliphatic rings. The van der Waals surface area contributed by atoms with Crippen LogP contribution >= 0.6 is 23.2 Å². The van der Waals surface area contributed by atoms with Gasteiger partial charge in [0.25, 0.3) is 0 Å². The third-order valence-electron chi connectivity index (χ3n) is 3.82. The molecule has 0 saturated heterocycles. The fraction of sp³-hybridized carbons (Fsp3) is 0.158. The van der Waals surface area contributed by atoms with Crippen molar-refractivity contribution in [3.05, 3.63) is 69.8 Å². The molecule has 3 aromatic rings. The summed E-state index contributed by atoms with van der Waals surface area (Å²) in [5, 5.41) is 15.3. The van der Waals surface area contributed by atoms with E-state index < -0.39 is 5.97 Å². The van der Waals surface area contributed by atoms with E-state index in [1.165, 1.54) is 0 Å². The summed E-state index contributed by atoms with van der Waals surface area (Å²) < 4.78 is 1.69. The van der Waals surface area contributed by atoms with Crippen LogP contribution in [0, 0.1) is 0 Å². The van der Waals surface area contributed by atoms with E-state index in [2.05, 4.69) is 5.10 Å². The zero-order chi connectivity index (χ0) is 18.0. The molecule has 128 valence electrons. The SMILES string of the molecule is CCCc1c(C(=O)O)c(-c2cc(Cl)cc(Cl)c2)nn1-c1ccccc1. The summed E-state index contributed by atoms with van der Waals surface area (Å²) in [5.41, 5.74) is 2.61. The van der Waals surface area contributed by atoms with Crippen molar-refractivity contribution in [3.63, 3.8) is 0 Å². The van der Waals surface area contributed by atoms with Crippen molar-refractivity contribution in [3.8, 4) is 16.9 Å². The molecule has 2 aromatic carbocycles. The van der Waals surface area contributed by atoms with Crippen LogP contribution in [0.2, 0.25) is 10.0 Å². The first-order chi connectivity index (χ1) is 12.0. The van der Waals surface area contributed by atoms with Crippen LogP contribution in [0.3, 0.4) is 0 Å². The number of nitrogens with zero attached hydrogens (tertiary/aromatic N) is 2. The minimum atomic E-state index is -1.02. The quantitative estimate of drug-likeness (QED) is 0.641. The number of aromatic nitrogens is 2. The Balaban J connectivity index is 2.30. The second-order valence-electron chi connectivity index (χ2n) is 5.63. The fourth-order valence-corrected chi connectivity index (χ4v) is 3.35. The van der Waals surface area contributed by atoms with Gasteiger partial charge < -0.3 is 5.11 Å². The number of hydrogen-bond donors (Lipinski definition) is 1. The van der Waals surface area contributed by atoms with Crippen LogP contribution < -0.4 is 0 Å². The first-order valence-corrected chi connectivity index (χ1v) is 8.64. The highest BCUT2D eigenvalue weighted by molar-refractivity contribution is 6.35. The zero-order valence-electron chi connectivity index (χ0n) is 13.5. The second kappa shape index (κ2) is 7.30. The van der Waals surface area contributed by atoms with Crippen LogP contribution in [0.1, 0.15) is 29.4 Å². The lowest BCUT2D eigenvalue weighted by atomic mass is 10.0. The van der Waals surface area contributed by atoms with Gasteiger partial charge in [0.2, 0.25) is 0 Å². The summed E-state index contributed by atoms with van der Waals surface area (Å²) in [4.78, 5) is 12.0. The highest BCUT2D eigenvalue weighted by Crippen LogP contribution is 2.32. The Bertz CT molecular complexity index is 900. The van der Waals surface area contributed by atoms with E-state index in [1.54, 1.807) is 22.9 Å². The largest absolute Gasteiger partial charge is 0.478 e. The van der Waals surface area contributed by atoms with E-state index in [0.29, 0.717) is 33.4 Å². The van der Waals surface area contributed by atoms with E-state index >= 15 is 0 Å². The first kappa shape index (κ1) is 17.5. The molecule has 0 atom stereocenters. The average molecular weight is 375 g/mol. The summed E-state index contributed by atoms with van der Waals surface area (Å²) in [6.45, 7) is 2.00. The van der Waals surface area contributed by atoms with Gasteiger partial charge in [0.1, 0.15) is 11.3 Å². The molecule has 0 aliphatic heterocycles. The third kappa shape index (κ3) is 3.55. The van der Waals surface area contributed by atoms with Crippen molar-refractivity contribution in [2.75, 3.05) is 0 Å². The van der Waals surface area contributed by atoms with E-state index in [9.17, 15) is 9.90 Å². The maximum atomic E-state index is 12.0. The minimum absolute atomic E-state index is 0.184. The number of hydrogen-bond acceptors (Lipinski definition) is 2. The Morgan fingerprint density at radius 3 is 2.32 bits per heavy atom. The topological polar surface area (TPSA) is 55.1 Å². The third-order valence-corrected chi connectivity index (χ3v) is 4.25. The van der Waals surface area contributed by atoms with Gasteiger partial charge in [-0.2, -0.15) is 5.10 Å². The van der Waals surface area contributed by atoms with Crippen molar-refractivity contribution in [2.45, 2.75) is 19.8 Å². The summed E-state index contributed by atoms with van der Waals surface area (Å²) in [6, 6.07) is 14.4. The van der Waals surface area contributed by atoms with Crippen LogP contribution in [0.5, 0.6) is 0 Å². The lowest BCUT2D eigenvalue weighted by Gasteiger charge is -2.07. The van der Waals surface area contributed by atoms with Crippen LogP contribution in [-0.2, 0) is 6.42 Å². The zero-order valence-corrected chi connectivity index (χ0v) is 15.1. The van der Waals surface area contributed by atoms with Crippen molar-refractivity contribution in [2.24, 2.45) is 0 Å². The number of rotatable bonds is 5. The van der Waals surface area contributed by atoms with Gasteiger partial charge in [-0.15, -0.1) is 0 Å². The van der Waals surface area contributed by atoms with Gasteiger partial charge in [-0.25, -0.2) is 9.48 Å². The van der Waals surface area contributed by atoms with Crippen molar-refractivity contribution >= 4 is 29.2 Å². The second-order valence-corrected chi connectivity index (χ2v) is 6.50. The molecular weight excluding hydrogens is 359 g/mol. The van der Waals surface area contributed by atoms with Crippen LogP contribution in [0.25, 0.3) is 16.9 Å². The van der Waals surface area contributed by atoms with Gasteiger partial charge in [0.15, 0.2) is 0 Å². The van der Waals surface area contributed by atoms with E-state index in [-0.39, 0.29) is 5.56 Å². The Morgan fingerprint density at radius 2 is 1.76 bits per heavy atom. The Hall–Kier alpha value is -2.30. The van der Waals surface area contributed by atoms with Crippen molar-refractivity contribution < 1.29 is 9.90 Å². The van der Waals surface area contributed by atoms with Gasteiger partial charge in [0.05, 0.1) is 11.4 Å². The number of halogens is 2. The highest BCUT2D eigenvalue weighted by atomic mass is 35.5. The predicted molar refractivity (Wildman–Crippen MR) is 100.0 cm³/mol.